The Kier molecular flexibility index (Phi) is 4.98. The van der Waals surface area contributed by atoms with Crippen LogP contribution in [0.5, 0.6) is 0 Å². The zero-order chi connectivity index (χ0) is 24.0. The Morgan fingerprint density at radius 2 is 1.26 bits per heavy atom. The van der Waals surface area contributed by atoms with E-state index in [0.717, 1.165) is 33.4 Å². The predicted molar refractivity (Wildman–Crippen MR) is 126 cm³/mol. The van der Waals surface area contributed by atoms with Gasteiger partial charge in [0.15, 0.2) is 0 Å². The van der Waals surface area contributed by atoms with Crippen molar-refractivity contribution in [1.82, 2.24) is 0 Å². The number of benzene rings is 4. The molecule has 1 aliphatic carbocycles. The summed E-state index contributed by atoms with van der Waals surface area (Å²) in [5.41, 5.74) is 5.69. The van der Waals surface area contributed by atoms with E-state index >= 15 is 0 Å². The zero-order valence-corrected chi connectivity index (χ0v) is 17.7. The molecule has 0 aromatic heterocycles. The van der Waals surface area contributed by atoms with E-state index in [2.05, 4.69) is 0 Å². The summed E-state index contributed by atoms with van der Waals surface area (Å²) in [6, 6.07) is 24.7. The van der Waals surface area contributed by atoms with Gasteiger partial charge in [-0.2, -0.15) is 0 Å². The summed E-state index contributed by atoms with van der Waals surface area (Å²) in [4.78, 5) is 35.0. The smallest absolute Gasteiger partial charge is 0.336 e. The molecule has 34 heavy (non-hydrogen) atoms. The molecule has 0 fully saturated rings. The van der Waals surface area contributed by atoms with Crippen LogP contribution in [0, 0.1) is 0 Å². The van der Waals surface area contributed by atoms with Gasteiger partial charge in [0, 0.05) is 5.92 Å². The standard InChI is InChI=1S/C28H18O6/c29-26(30)17-6-3-5-15(13-17)18-9-4-10-21-19-7-1-2-8-20(19)24(25(18)21)16-11-12-22(27(31)32)23(14-16)28(33)34/h1-14,24H,(H,29,30)(H,31,32)(H,33,34). The van der Waals surface area contributed by atoms with Crippen LogP contribution in [0.1, 0.15) is 53.7 Å². The molecular weight excluding hydrogens is 432 g/mol. The van der Waals surface area contributed by atoms with Gasteiger partial charge in [-0.05, 0) is 63.2 Å². The van der Waals surface area contributed by atoms with Crippen LogP contribution >= 0.6 is 0 Å². The van der Waals surface area contributed by atoms with E-state index < -0.39 is 17.9 Å². The summed E-state index contributed by atoms with van der Waals surface area (Å²) in [5, 5.41) is 28.6. The predicted octanol–water partition coefficient (Wildman–Crippen LogP) is 5.61. The minimum Gasteiger partial charge on any atom is -0.478 e. The Morgan fingerprint density at radius 1 is 0.588 bits per heavy atom. The largest absolute Gasteiger partial charge is 0.478 e. The Bertz CT molecular complexity index is 1500. The molecule has 0 saturated heterocycles. The summed E-state index contributed by atoms with van der Waals surface area (Å²) in [5.74, 6) is -3.99. The van der Waals surface area contributed by atoms with Gasteiger partial charge in [0.05, 0.1) is 16.7 Å². The summed E-state index contributed by atoms with van der Waals surface area (Å²) in [6.07, 6.45) is 0. The summed E-state index contributed by atoms with van der Waals surface area (Å²) in [7, 11) is 0. The molecule has 166 valence electrons. The van der Waals surface area contributed by atoms with E-state index in [4.69, 9.17) is 0 Å². The average molecular weight is 450 g/mol. The molecule has 1 aliphatic rings. The Morgan fingerprint density at radius 3 is 2.00 bits per heavy atom. The van der Waals surface area contributed by atoms with E-state index in [1.165, 1.54) is 18.2 Å². The second-order valence-electron chi connectivity index (χ2n) is 8.09. The van der Waals surface area contributed by atoms with Gasteiger partial charge in [-0.15, -0.1) is 0 Å². The van der Waals surface area contributed by atoms with Gasteiger partial charge in [0.25, 0.3) is 0 Å². The minimum atomic E-state index is -1.31. The first-order valence-electron chi connectivity index (χ1n) is 10.5. The van der Waals surface area contributed by atoms with Crippen LogP contribution in [0.15, 0.2) is 84.9 Å². The topological polar surface area (TPSA) is 112 Å². The maximum atomic E-state index is 11.9. The summed E-state index contributed by atoms with van der Waals surface area (Å²) in [6.45, 7) is 0. The maximum absolute atomic E-state index is 11.9. The molecule has 0 amide bonds. The normalized spacial score (nSPS) is 13.7. The molecule has 0 spiro atoms. The van der Waals surface area contributed by atoms with Crippen molar-refractivity contribution in [2.24, 2.45) is 0 Å². The van der Waals surface area contributed by atoms with Crippen molar-refractivity contribution in [3.63, 3.8) is 0 Å². The van der Waals surface area contributed by atoms with Crippen molar-refractivity contribution < 1.29 is 29.7 Å². The van der Waals surface area contributed by atoms with E-state index in [9.17, 15) is 29.7 Å². The fraction of sp³-hybridized carbons (Fsp3) is 0.0357. The van der Waals surface area contributed by atoms with Gasteiger partial charge in [0.2, 0.25) is 0 Å². The van der Waals surface area contributed by atoms with Crippen LogP contribution < -0.4 is 0 Å². The third kappa shape index (κ3) is 3.33. The fourth-order valence-electron chi connectivity index (χ4n) is 4.78. The second kappa shape index (κ2) is 8.01. The van der Waals surface area contributed by atoms with Gasteiger partial charge in [-0.25, -0.2) is 14.4 Å². The monoisotopic (exact) mass is 450 g/mol. The van der Waals surface area contributed by atoms with Crippen LogP contribution in [-0.2, 0) is 0 Å². The van der Waals surface area contributed by atoms with Crippen LogP contribution in [0.2, 0.25) is 0 Å². The van der Waals surface area contributed by atoms with Crippen LogP contribution in [0.25, 0.3) is 22.3 Å². The molecule has 0 aliphatic heterocycles. The Hall–Kier alpha value is -4.71. The lowest BCUT2D eigenvalue weighted by molar-refractivity contribution is 0.0651. The minimum absolute atomic E-state index is 0.168. The van der Waals surface area contributed by atoms with Crippen LogP contribution in [0.4, 0.5) is 0 Å². The van der Waals surface area contributed by atoms with Crippen molar-refractivity contribution in [2.75, 3.05) is 0 Å². The number of aromatic carboxylic acids is 3. The lowest BCUT2D eigenvalue weighted by Crippen LogP contribution is -2.10. The summed E-state index contributed by atoms with van der Waals surface area (Å²) < 4.78 is 0. The fourth-order valence-corrected chi connectivity index (χ4v) is 4.78. The van der Waals surface area contributed by atoms with Gasteiger partial charge < -0.3 is 15.3 Å². The van der Waals surface area contributed by atoms with Gasteiger partial charge in [-0.3, -0.25) is 0 Å². The van der Waals surface area contributed by atoms with Crippen molar-refractivity contribution >= 4 is 17.9 Å². The molecule has 6 heteroatoms. The van der Waals surface area contributed by atoms with Crippen molar-refractivity contribution in [3.8, 4) is 22.3 Å². The highest BCUT2D eigenvalue weighted by Crippen LogP contribution is 2.51. The highest BCUT2D eigenvalue weighted by Gasteiger charge is 2.33. The number of hydrogen-bond acceptors (Lipinski definition) is 3. The number of carboxylic acid groups (broad SMARTS) is 3. The lowest BCUT2D eigenvalue weighted by atomic mass is 9.83. The molecule has 1 atom stereocenters. The third-order valence-corrected chi connectivity index (χ3v) is 6.22. The third-order valence-electron chi connectivity index (χ3n) is 6.22. The first-order valence-corrected chi connectivity index (χ1v) is 10.5. The van der Waals surface area contributed by atoms with Gasteiger partial charge in [-0.1, -0.05) is 60.7 Å². The number of rotatable bonds is 5. The average Bonchev–Trinajstić information content (AvgIpc) is 3.18. The summed E-state index contributed by atoms with van der Waals surface area (Å²) >= 11 is 0. The van der Waals surface area contributed by atoms with E-state index in [0.29, 0.717) is 5.56 Å². The van der Waals surface area contributed by atoms with Crippen molar-refractivity contribution in [2.45, 2.75) is 5.92 Å². The first-order chi connectivity index (χ1) is 16.4. The molecule has 4 aromatic rings. The highest BCUT2D eigenvalue weighted by molar-refractivity contribution is 6.02. The molecule has 6 nitrogen and oxygen atoms in total. The van der Waals surface area contributed by atoms with Crippen LogP contribution in [-0.4, -0.2) is 33.2 Å². The quantitative estimate of drug-likeness (QED) is 0.321. The van der Waals surface area contributed by atoms with Crippen molar-refractivity contribution in [3.05, 3.63) is 118 Å². The number of carboxylic acids is 3. The lowest BCUT2D eigenvalue weighted by Gasteiger charge is -2.19. The molecule has 3 N–H and O–H groups in total. The van der Waals surface area contributed by atoms with E-state index in [1.54, 1.807) is 18.2 Å². The molecule has 0 radical (unpaired) electrons. The molecule has 0 saturated carbocycles. The number of fused-ring (bicyclic) bond motifs is 3. The van der Waals surface area contributed by atoms with Crippen molar-refractivity contribution in [1.29, 1.82) is 0 Å². The zero-order valence-electron chi connectivity index (χ0n) is 17.7. The van der Waals surface area contributed by atoms with E-state index in [-0.39, 0.29) is 22.6 Å². The molecular formula is C28H18O6. The molecule has 0 heterocycles. The van der Waals surface area contributed by atoms with Gasteiger partial charge in [0.1, 0.15) is 0 Å². The molecule has 0 bridgehead atoms. The Balaban J connectivity index is 1.78. The SMILES string of the molecule is O=C(O)c1cccc(-c2cccc3c2C(c2ccc(C(=O)O)c(C(=O)O)c2)c2ccccc2-3)c1. The van der Waals surface area contributed by atoms with Gasteiger partial charge >= 0.3 is 17.9 Å². The molecule has 4 aromatic carbocycles. The number of carbonyl (C=O) groups is 3. The first kappa shape index (κ1) is 21.2. The molecule has 1 unspecified atom stereocenters. The maximum Gasteiger partial charge on any atom is 0.336 e. The van der Waals surface area contributed by atoms with Crippen LogP contribution in [0.3, 0.4) is 0 Å². The molecule has 5 rings (SSSR count). The van der Waals surface area contributed by atoms with E-state index in [1.807, 2.05) is 48.5 Å². The highest BCUT2D eigenvalue weighted by atomic mass is 16.4. The number of hydrogen-bond donors (Lipinski definition) is 3. The second-order valence-corrected chi connectivity index (χ2v) is 8.09. The Labute approximate surface area is 194 Å².